The number of nitrogens with zero attached hydrogens (tertiary/aromatic N) is 1. The summed E-state index contributed by atoms with van der Waals surface area (Å²) in [5.74, 6) is 0.0373. The highest BCUT2D eigenvalue weighted by Gasteiger charge is 2.17. The summed E-state index contributed by atoms with van der Waals surface area (Å²) in [5.41, 5.74) is 3.53. The van der Waals surface area contributed by atoms with Crippen LogP contribution in [-0.2, 0) is 12.8 Å². The normalized spacial score (nSPS) is 16.0. The van der Waals surface area contributed by atoms with Crippen LogP contribution in [0.5, 0.6) is 0 Å². The second kappa shape index (κ2) is 6.20. The van der Waals surface area contributed by atoms with Crippen LogP contribution < -0.4 is 5.32 Å². The van der Waals surface area contributed by atoms with Crippen LogP contribution in [0.25, 0.3) is 0 Å². The third kappa shape index (κ3) is 3.35. The smallest absolute Gasteiger partial charge is 0.251 e. The lowest BCUT2D eigenvalue weighted by molar-refractivity contribution is 0.0955. The summed E-state index contributed by atoms with van der Waals surface area (Å²) in [4.78, 5) is 14.4. The fourth-order valence-electron chi connectivity index (χ4n) is 2.66. The summed E-state index contributed by atoms with van der Waals surface area (Å²) >= 11 is 0. The van der Waals surface area contributed by atoms with Gasteiger partial charge in [0.25, 0.3) is 5.91 Å². The number of hydrogen-bond acceptors (Lipinski definition) is 2. The molecular formula is C16H24N2O. The molecule has 1 amide bonds. The number of carbonyl (C=O) groups excluding carboxylic acids is 1. The molecule has 1 aliphatic rings. The molecule has 0 radical (unpaired) electrons. The lowest BCUT2D eigenvalue weighted by Crippen LogP contribution is -2.32. The molecule has 1 aliphatic heterocycles. The van der Waals surface area contributed by atoms with E-state index in [1.54, 1.807) is 0 Å². The average Bonchev–Trinajstić information content (AvgIpc) is 2.60. The fraction of sp³-hybridized carbons (Fsp3) is 0.562. The molecule has 0 spiro atoms. The quantitative estimate of drug-likeness (QED) is 0.904. The predicted octanol–water partition coefficient (Wildman–Crippen LogP) is 2.25. The first-order valence-corrected chi connectivity index (χ1v) is 7.26. The van der Waals surface area contributed by atoms with Crippen LogP contribution in [0, 0.1) is 0 Å². The molecule has 0 saturated carbocycles. The lowest BCUT2D eigenvalue weighted by Gasteiger charge is -2.23. The van der Waals surface area contributed by atoms with Gasteiger partial charge in [0.05, 0.1) is 0 Å². The second-order valence-electron chi connectivity index (χ2n) is 5.47. The van der Waals surface area contributed by atoms with Gasteiger partial charge in [-0.3, -0.25) is 4.79 Å². The van der Waals surface area contributed by atoms with Crippen LogP contribution in [0.15, 0.2) is 18.2 Å². The van der Waals surface area contributed by atoms with E-state index in [0.29, 0.717) is 12.6 Å². The Bertz CT molecular complexity index is 454. The van der Waals surface area contributed by atoms with Crippen LogP contribution in [0.3, 0.4) is 0 Å². The molecule has 3 heteroatoms. The van der Waals surface area contributed by atoms with E-state index in [2.05, 4.69) is 36.2 Å². The summed E-state index contributed by atoms with van der Waals surface area (Å²) < 4.78 is 0. The van der Waals surface area contributed by atoms with Crippen molar-refractivity contribution in [3.8, 4) is 0 Å². The molecule has 2 rings (SSSR count). The lowest BCUT2D eigenvalue weighted by atomic mass is 10.00. The van der Waals surface area contributed by atoms with Gasteiger partial charge < -0.3 is 10.2 Å². The number of hydrogen-bond donors (Lipinski definition) is 1. The molecule has 104 valence electrons. The van der Waals surface area contributed by atoms with Crippen molar-refractivity contribution in [2.45, 2.75) is 39.7 Å². The van der Waals surface area contributed by atoms with Crippen molar-refractivity contribution < 1.29 is 4.79 Å². The molecule has 0 bridgehead atoms. The summed E-state index contributed by atoms with van der Waals surface area (Å²) in [6.45, 7) is 9.32. The number of rotatable bonds is 3. The minimum atomic E-state index is 0.0373. The van der Waals surface area contributed by atoms with Crippen molar-refractivity contribution in [1.29, 1.82) is 0 Å². The van der Waals surface area contributed by atoms with Gasteiger partial charge in [-0.1, -0.05) is 6.07 Å². The van der Waals surface area contributed by atoms with E-state index >= 15 is 0 Å². The van der Waals surface area contributed by atoms with E-state index in [-0.39, 0.29) is 5.91 Å². The molecule has 1 aromatic carbocycles. The summed E-state index contributed by atoms with van der Waals surface area (Å²) in [6.07, 6.45) is 2.13. The fourth-order valence-corrected chi connectivity index (χ4v) is 2.66. The maximum Gasteiger partial charge on any atom is 0.251 e. The monoisotopic (exact) mass is 260 g/mol. The molecule has 3 nitrogen and oxygen atoms in total. The van der Waals surface area contributed by atoms with E-state index in [4.69, 9.17) is 0 Å². The summed E-state index contributed by atoms with van der Waals surface area (Å²) in [5, 5.41) is 2.86. The highest BCUT2D eigenvalue weighted by atomic mass is 16.1. The molecule has 0 fully saturated rings. The van der Waals surface area contributed by atoms with E-state index in [0.717, 1.165) is 31.5 Å². The summed E-state index contributed by atoms with van der Waals surface area (Å²) in [6, 6.07) is 6.75. The molecule has 0 atom stereocenters. The molecule has 19 heavy (non-hydrogen) atoms. The maximum absolute atomic E-state index is 11.9. The Morgan fingerprint density at radius 1 is 1.26 bits per heavy atom. The van der Waals surface area contributed by atoms with E-state index < -0.39 is 0 Å². The number of carbonyl (C=O) groups is 1. The van der Waals surface area contributed by atoms with Crippen molar-refractivity contribution in [3.63, 3.8) is 0 Å². The first kappa shape index (κ1) is 14.1. The number of benzene rings is 1. The van der Waals surface area contributed by atoms with Gasteiger partial charge in [0, 0.05) is 31.2 Å². The Kier molecular flexibility index (Phi) is 4.59. The molecule has 0 aliphatic carbocycles. The number of fused-ring (bicyclic) bond motifs is 1. The molecule has 0 saturated heterocycles. The van der Waals surface area contributed by atoms with Crippen LogP contribution in [-0.4, -0.2) is 36.5 Å². The standard InChI is InChI=1S/C16H24N2O/c1-4-17-16(19)15-6-5-13-7-9-18(12(2)3)10-8-14(13)11-15/h5-6,11-12H,4,7-10H2,1-3H3,(H,17,19). The van der Waals surface area contributed by atoms with Gasteiger partial charge in [0.15, 0.2) is 0 Å². The molecular weight excluding hydrogens is 236 g/mol. The minimum absolute atomic E-state index is 0.0373. The minimum Gasteiger partial charge on any atom is -0.352 e. The molecule has 1 N–H and O–H groups in total. The van der Waals surface area contributed by atoms with Gasteiger partial charge in [-0.25, -0.2) is 0 Å². The van der Waals surface area contributed by atoms with Gasteiger partial charge in [0.1, 0.15) is 0 Å². The van der Waals surface area contributed by atoms with Crippen molar-refractivity contribution in [2.24, 2.45) is 0 Å². The number of nitrogens with one attached hydrogen (secondary N) is 1. The first-order chi connectivity index (χ1) is 9.11. The Morgan fingerprint density at radius 2 is 1.95 bits per heavy atom. The van der Waals surface area contributed by atoms with E-state index in [1.807, 2.05) is 13.0 Å². The van der Waals surface area contributed by atoms with E-state index in [1.165, 1.54) is 11.1 Å². The van der Waals surface area contributed by atoms with E-state index in [9.17, 15) is 4.79 Å². The molecule has 1 heterocycles. The van der Waals surface area contributed by atoms with Crippen LogP contribution >= 0.6 is 0 Å². The van der Waals surface area contributed by atoms with Gasteiger partial charge >= 0.3 is 0 Å². The van der Waals surface area contributed by atoms with Crippen molar-refractivity contribution in [3.05, 3.63) is 34.9 Å². The third-order valence-corrected chi connectivity index (χ3v) is 3.87. The topological polar surface area (TPSA) is 32.3 Å². The Hall–Kier alpha value is -1.35. The zero-order valence-electron chi connectivity index (χ0n) is 12.2. The zero-order chi connectivity index (χ0) is 13.8. The van der Waals surface area contributed by atoms with Crippen LogP contribution in [0.1, 0.15) is 42.3 Å². The van der Waals surface area contributed by atoms with Crippen molar-refractivity contribution in [1.82, 2.24) is 10.2 Å². The van der Waals surface area contributed by atoms with Crippen LogP contribution in [0.2, 0.25) is 0 Å². The number of amides is 1. The highest BCUT2D eigenvalue weighted by molar-refractivity contribution is 5.94. The Labute approximate surface area is 116 Å². The predicted molar refractivity (Wildman–Crippen MR) is 78.6 cm³/mol. The van der Waals surface area contributed by atoms with Crippen molar-refractivity contribution >= 4 is 5.91 Å². The molecule has 0 unspecified atom stereocenters. The second-order valence-corrected chi connectivity index (χ2v) is 5.47. The highest BCUT2D eigenvalue weighted by Crippen LogP contribution is 2.19. The van der Waals surface area contributed by atoms with Gasteiger partial charge in [0.2, 0.25) is 0 Å². The van der Waals surface area contributed by atoms with Gasteiger partial charge in [-0.05, 0) is 56.9 Å². The molecule has 1 aromatic rings. The molecule has 0 aromatic heterocycles. The largest absolute Gasteiger partial charge is 0.352 e. The first-order valence-electron chi connectivity index (χ1n) is 7.26. The Morgan fingerprint density at radius 3 is 2.58 bits per heavy atom. The maximum atomic E-state index is 11.9. The van der Waals surface area contributed by atoms with Crippen LogP contribution in [0.4, 0.5) is 0 Å². The van der Waals surface area contributed by atoms with Gasteiger partial charge in [-0.2, -0.15) is 0 Å². The summed E-state index contributed by atoms with van der Waals surface area (Å²) in [7, 11) is 0. The zero-order valence-corrected chi connectivity index (χ0v) is 12.2. The van der Waals surface area contributed by atoms with Gasteiger partial charge in [-0.15, -0.1) is 0 Å². The average molecular weight is 260 g/mol. The van der Waals surface area contributed by atoms with Crippen molar-refractivity contribution in [2.75, 3.05) is 19.6 Å². The SMILES string of the molecule is CCNC(=O)c1ccc2c(c1)CCN(C(C)C)CC2. The third-order valence-electron chi connectivity index (χ3n) is 3.87. The Balaban J connectivity index is 2.16.